The first-order valence-corrected chi connectivity index (χ1v) is 6.39. The number of rotatable bonds is 3. The molecular weight excluding hydrogens is 177 g/mol. The molecule has 1 aliphatic rings. The van der Waals surface area contributed by atoms with Crippen molar-refractivity contribution in [2.45, 2.75) is 30.6 Å². The zero-order chi connectivity index (χ0) is 8.27. The quantitative estimate of drug-likeness (QED) is 0.657. The Kier molecular flexibility index (Phi) is 4.14. The van der Waals surface area contributed by atoms with Gasteiger partial charge in [-0.15, -0.1) is 11.4 Å². The predicted octanol–water partition coefficient (Wildman–Crippen LogP) is 0.998. The Morgan fingerprint density at radius 1 is 1.55 bits per heavy atom. The van der Waals surface area contributed by atoms with Crippen LogP contribution in [0.3, 0.4) is 0 Å². The zero-order valence-corrected chi connectivity index (χ0v) is 8.54. The topological polar surface area (TPSA) is 46.2 Å². The average molecular weight is 193 g/mol. The maximum atomic E-state index is 9.69. The second-order valence-corrected chi connectivity index (χ2v) is 4.77. The average Bonchev–Trinajstić information content (AvgIpc) is 2.34. The van der Waals surface area contributed by atoms with E-state index in [0.29, 0.717) is 17.7 Å². The molecule has 0 spiro atoms. The number of aliphatic hydroxyl groups is 1. The summed E-state index contributed by atoms with van der Waals surface area (Å²) in [5.74, 6) is 0.457. The van der Waals surface area contributed by atoms with Crippen LogP contribution < -0.4 is 5.73 Å². The molecule has 1 saturated carbocycles. The molecular formula is C7H16NOPS. The number of hydrogen-bond acceptors (Lipinski definition) is 3. The molecule has 11 heavy (non-hydrogen) atoms. The first kappa shape index (κ1) is 9.79. The van der Waals surface area contributed by atoms with E-state index in [1.54, 1.807) is 11.4 Å². The molecule has 4 heteroatoms. The van der Waals surface area contributed by atoms with Gasteiger partial charge in [0, 0.05) is 5.25 Å². The molecule has 1 unspecified atom stereocenters. The van der Waals surface area contributed by atoms with Crippen molar-refractivity contribution in [3.8, 4) is 0 Å². The number of nitrogens with two attached hydrogens (primary N) is 1. The van der Waals surface area contributed by atoms with Crippen molar-refractivity contribution in [1.29, 1.82) is 0 Å². The minimum atomic E-state index is -0.124. The molecule has 0 bridgehead atoms. The van der Waals surface area contributed by atoms with E-state index < -0.39 is 0 Å². The fraction of sp³-hybridized carbons (Fsp3) is 1.00. The van der Waals surface area contributed by atoms with Crippen LogP contribution in [0.5, 0.6) is 0 Å². The van der Waals surface area contributed by atoms with Crippen LogP contribution in [0.4, 0.5) is 0 Å². The van der Waals surface area contributed by atoms with Crippen LogP contribution in [0.1, 0.15) is 19.3 Å². The molecule has 0 radical (unpaired) electrons. The molecule has 0 saturated heterocycles. The van der Waals surface area contributed by atoms with Crippen LogP contribution in [-0.2, 0) is 0 Å². The lowest BCUT2D eigenvalue weighted by Gasteiger charge is -2.16. The summed E-state index contributed by atoms with van der Waals surface area (Å²) in [6.45, 7) is 0.704. The van der Waals surface area contributed by atoms with Crippen molar-refractivity contribution in [2.24, 2.45) is 11.7 Å². The Labute approximate surface area is 74.3 Å². The summed E-state index contributed by atoms with van der Waals surface area (Å²) in [7, 11) is 2.62. The highest BCUT2D eigenvalue weighted by atomic mass is 32.7. The highest BCUT2D eigenvalue weighted by molar-refractivity contribution is 8.44. The molecule has 3 N–H and O–H groups in total. The minimum absolute atomic E-state index is 0.124. The second kappa shape index (κ2) is 4.66. The van der Waals surface area contributed by atoms with Crippen molar-refractivity contribution >= 4 is 19.8 Å². The molecule has 1 fully saturated rings. The molecule has 66 valence electrons. The lowest BCUT2D eigenvalue weighted by atomic mass is 10.0. The van der Waals surface area contributed by atoms with Crippen molar-refractivity contribution < 1.29 is 5.11 Å². The third-order valence-electron chi connectivity index (χ3n) is 2.40. The molecule has 0 aromatic rings. The van der Waals surface area contributed by atoms with Crippen LogP contribution in [0, 0.1) is 5.92 Å². The van der Waals surface area contributed by atoms with Gasteiger partial charge in [-0.05, 0) is 31.7 Å². The third-order valence-corrected chi connectivity index (χ3v) is 4.31. The van der Waals surface area contributed by atoms with Crippen LogP contribution in [0.25, 0.3) is 0 Å². The van der Waals surface area contributed by atoms with Crippen LogP contribution in [-0.4, -0.2) is 23.0 Å². The lowest BCUT2D eigenvalue weighted by molar-refractivity contribution is 0.133. The van der Waals surface area contributed by atoms with Gasteiger partial charge >= 0.3 is 0 Å². The van der Waals surface area contributed by atoms with E-state index in [1.807, 2.05) is 0 Å². The van der Waals surface area contributed by atoms with Gasteiger partial charge in [0.15, 0.2) is 0 Å². The Morgan fingerprint density at radius 3 is 2.73 bits per heavy atom. The van der Waals surface area contributed by atoms with Gasteiger partial charge in [-0.2, -0.15) is 0 Å². The molecule has 0 amide bonds. The van der Waals surface area contributed by atoms with Crippen molar-refractivity contribution in [3.63, 3.8) is 0 Å². The highest BCUT2D eigenvalue weighted by Gasteiger charge is 2.33. The molecule has 0 aromatic carbocycles. The lowest BCUT2D eigenvalue weighted by Crippen LogP contribution is -2.23. The summed E-state index contributed by atoms with van der Waals surface area (Å²) in [5.41, 5.74) is 5.43. The maximum absolute atomic E-state index is 9.69. The number of aliphatic hydroxyl groups excluding tert-OH is 1. The molecule has 1 aliphatic carbocycles. The van der Waals surface area contributed by atoms with E-state index >= 15 is 0 Å². The minimum Gasteiger partial charge on any atom is -0.392 e. The van der Waals surface area contributed by atoms with Crippen LogP contribution >= 0.6 is 19.8 Å². The standard InChI is InChI=1S/C7H16NOPS/c8-4-3-5-1-2-6(11-10)7(5)9/h5-7,9H,1-4,8,10H2/t5-,6+,7+/m1/s1. The van der Waals surface area contributed by atoms with E-state index in [4.69, 9.17) is 5.73 Å². The summed E-state index contributed by atoms with van der Waals surface area (Å²) in [6.07, 6.45) is 3.13. The van der Waals surface area contributed by atoms with Gasteiger partial charge in [-0.25, -0.2) is 0 Å². The molecule has 1 rings (SSSR count). The number of hydrogen-bond donors (Lipinski definition) is 2. The Bertz CT molecular complexity index is 125. The third kappa shape index (κ3) is 2.32. The molecule has 0 aliphatic heterocycles. The molecule has 4 atom stereocenters. The van der Waals surface area contributed by atoms with E-state index in [1.165, 1.54) is 0 Å². The van der Waals surface area contributed by atoms with Gasteiger partial charge in [0.2, 0.25) is 0 Å². The molecule has 0 heterocycles. The summed E-state index contributed by atoms with van der Waals surface area (Å²) in [5, 5.41) is 10.1. The van der Waals surface area contributed by atoms with Crippen molar-refractivity contribution in [2.75, 3.05) is 6.54 Å². The summed E-state index contributed by atoms with van der Waals surface area (Å²) >= 11 is 1.70. The molecule has 0 aromatic heterocycles. The normalized spacial score (nSPS) is 37.9. The highest BCUT2D eigenvalue weighted by Crippen LogP contribution is 2.38. The van der Waals surface area contributed by atoms with E-state index in [2.05, 4.69) is 8.44 Å². The Hall–Kier alpha value is 0.700. The second-order valence-electron chi connectivity index (χ2n) is 3.08. The van der Waals surface area contributed by atoms with E-state index in [9.17, 15) is 5.11 Å². The van der Waals surface area contributed by atoms with Gasteiger partial charge in [0.05, 0.1) is 6.10 Å². The fourth-order valence-electron chi connectivity index (χ4n) is 1.70. The smallest absolute Gasteiger partial charge is 0.0690 e. The van der Waals surface area contributed by atoms with Gasteiger partial charge < -0.3 is 10.8 Å². The maximum Gasteiger partial charge on any atom is 0.0690 e. The largest absolute Gasteiger partial charge is 0.392 e. The predicted molar refractivity (Wildman–Crippen MR) is 53.5 cm³/mol. The fourth-order valence-corrected chi connectivity index (χ4v) is 3.25. The van der Waals surface area contributed by atoms with Gasteiger partial charge in [-0.3, -0.25) is 0 Å². The zero-order valence-electron chi connectivity index (χ0n) is 6.57. The van der Waals surface area contributed by atoms with Crippen molar-refractivity contribution in [3.05, 3.63) is 0 Å². The van der Waals surface area contributed by atoms with Crippen LogP contribution in [0.2, 0.25) is 0 Å². The molecule has 2 nitrogen and oxygen atoms in total. The summed E-state index contributed by atoms with van der Waals surface area (Å²) < 4.78 is 0. The summed E-state index contributed by atoms with van der Waals surface area (Å²) in [6, 6.07) is 0. The summed E-state index contributed by atoms with van der Waals surface area (Å²) in [4.78, 5) is 0. The van der Waals surface area contributed by atoms with Gasteiger partial charge in [-0.1, -0.05) is 8.44 Å². The first-order valence-electron chi connectivity index (χ1n) is 4.03. The van der Waals surface area contributed by atoms with Crippen molar-refractivity contribution in [1.82, 2.24) is 0 Å². The Morgan fingerprint density at radius 2 is 2.27 bits per heavy atom. The van der Waals surface area contributed by atoms with E-state index in [0.717, 1.165) is 19.3 Å². The Balaban J connectivity index is 2.35. The van der Waals surface area contributed by atoms with E-state index in [-0.39, 0.29) is 6.10 Å². The monoisotopic (exact) mass is 193 g/mol. The first-order chi connectivity index (χ1) is 5.29. The van der Waals surface area contributed by atoms with Gasteiger partial charge in [0.1, 0.15) is 0 Å². The SMILES string of the molecule is NCC[C@H]1CC[C@H](SP)[C@H]1O. The van der Waals surface area contributed by atoms with Crippen LogP contribution in [0.15, 0.2) is 0 Å². The van der Waals surface area contributed by atoms with Gasteiger partial charge in [0.25, 0.3) is 0 Å².